The first-order valence-corrected chi connectivity index (χ1v) is 17.9. The summed E-state index contributed by atoms with van der Waals surface area (Å²) in [6.45, 7) is 4.75. The number of aliphatic imine (C=N–C) groups is 1. The molecule has 2 aromatic carbocycles. The van der Waals surface area contributed by atoms with E-state index < -0.39 is 77.5 Å². The van der Waals surface area contributed by atoms with E-state index in [0.717, 1.165) is 28.8 Å². The van der Waals surface area contributed by atoms with Gasteiger partial charge in [0.05, 0.1) is 40.8 Å². The molecule has 2 atom stereocenters. The standard InChI is InChI=1S/C37H37ClF6N8O3/c1-34(2,3)18-36(24-8-4-20(12-26(24)39)22-15-47-50(16-22)23-6-7-23)32(54)51(33(45)49-36)28(17-55-29(53)14-35(10-11-35)37(42,43)44)21-5-9-25(38)27(13-21)52-31(30(40)41)46-19-48-52/h4-5,8-9,12-13,15-16,19,23,28,30H,6-7,10-11,14,17-18H2,1-3H3,(H2,45,49)/t28-,36-/m1/s1. The number of carbonyl (C=O) groups is 2. The van der Waals surface area contributed by atoms with Crippen molar-refractivity contribution in [3.05, 3.63) is 82.9 Å². The topological polar surface area (TPSA) is 134 Å². The summed E-state index contributed by atoms with van der Waals surface area (Å²) in [6, 6.07) is 7.32. The number of ether oxygens (including phenoxy) is 1. The van der Waals surface area contributed by atoms with E-state index in [1.165, 1.54) is 30.3 Å². The molecular weight excluding hydrogens is 754 g/mol. The van der Waals surface area contributed by atoms with Gasteiger partial charge in [-0.25, -0.2) is 27.8 Å². The molecule has 1 aliphatic heterocycles. The maximum Gasteiger partial charge on any atom is 0.395 e. The summed E-state index contributed by atoms with van der Waals surface area (Å²) in [6.07, 6.45) is -2.82. The van der Waals surface area contributed by atoms with Crippen molar-refractivity contribution in [2.45, 2.75) is 89.5 Å². The molecule has 1 amide bonds. The molecule has 0 bridgehead atoms. The number of carbonyl (C=O) groups excluding carboxylic acids is 2. The van der Waals surface area contributed by atoms with E-state index in [1.54, 1.807) is 12.3 Å². The van der Waals surface area contributed by atoms with E-state index in [4.69, 9.17) is 22.1 Å². The Morgan fingerprint density at radius 3 is 2.42 bits per heavy atom. The molecule has 2 aromatic heterocycles. The molecule has 0 spiro atoms. The van der Waals surface area contributed by atoms with Crippen LogP contribution in [0.5, 0.6) is 0 Å². The van der Waals surface area contributed by atoms with Crippen molar-refractivity contribution in [3.63, 3.8) is 0 Å². The Bertz CT molecular complexity index is 2170. The summed E-state index contributed by atoms with van der Waals surface area (Å²) in [5.41, 5.74) is 2.84. The van der Waals surface area contributed by atoms with E-state index in [9.17, 15) is 31.5 Å². The second-order valence-corrected chi connectivity index (χ2v) is 16.0. The Balaban J connectivity index is 1.28. The monoisotopic (exact) mass is 790 g/mol. The van der Waals surface area contributed by atoms with Gasteiger partial charge in [-0.3, -0.25) is 19.2 Å². The number of guanidine groups is 1. The van der Waals surface area contributed by atoms with Crippen molar-refractivity contribution >= 4 is 29.4 Å². The predicted molar refractivity (Wildman–Crippen MR) is 187 cm³/mol. The Hall–Kier alpha value is -4.93. The Kier molecular flexibility index (Phi) is 9.53. The molecule has 2 fully saturated rings. The molecule has 18 heteroatoms. The van der Waals surface area contributed by atoms with Crippen molar-refractivity contribution < 1.29 is 40.7 Å². The number of alkyl halides is 5. The molecule has 3 aliphatic rings. The maximum atomic E-state index is 16.4. The summed E-state index contributed by atoms with van der Waals surface area (Å²) in [5, 5.41) is 8.20. The lowest BCUT2D eigenvalue weighted by Gasteiger charge is -2.35. The third-order valence-corrected chi connectivity index (χ3v) is 10.5. The fourth-order valence-corrected chi connectivity index (χ4v) is 7.32. The van der Waals surface area contributed by atoms with Crippen LogP contribution in [-0.4, -0.2) is 60.1 Å². The third-order valence-electron chi connectivity index (χ3n) is 10.2. The number of aromatic nitrogens is 5. The summed E-state index contributed by atoms with van der Waals surface area (Å²) >= 11 is 6.43. The average Bonchev–Trinajstić information content (AvgIpc) is 3.97. The molecule has 11 nitrogen and oxygen atoms in total. The Morgan fingerprint density at radius 1 is 1.07 bits per heavy atom. The first-order valence-electron chi connectivity index (χ1n) is 17.6. The van der Waals surface area contributed by atoms with Crippen LogP contribution in [0.4, 0.5) is 26.3 Å². The van der Waals surface area contributed by atoms with Crippen LogP contribution in [0.1, 0.15) is 94.8 Å². The summed E-state index contributed by atoms with van der Waals surface area (Å²) in [4.78, 5) is 37.2. The number of nitrogens with two attached hydrogens (primary N) is 1. The number of hydrogen-bond acceptors (Lipinski definition) is 8. The molecule has 7 rings (SSSR count). The fraction of sp³-hybridized carbons (Fsp3) is 0.459. The number of halogens is 7. The van der Waals surface area contributed by atoms with Gasteiger partial charge < -0.3 is 10.5 Å². The van der Waals surface area contributed by atoms with Crippen LogP contribution >= 0.6 is 11.6 Å². The number of benzene rings is 2. The van der Waals surface area contributed by atoms with Gasteiger partial charge >= 0.3 is 12.1 Å². The lowest BCUT2D eigenvalue weighted by atomic mass is 9.75. The van der Waals surface area contributed by atoms with Crippen molar-refractivity contribution in [2.24, 2.45) is 21.6 Å². The van der Waals surface area contributed by atoms with E-state index >= 15 is 4.39 Å². The lowest BCUT2D eigenvalue weighted by molar-refractivity contribution is -0.195. The van der Waals surface area contributed by atoms with Crippen molar-refractivity contribution in [3.8, 4) is 16.8 Å². The van der Waals surface area contributed by atoms with E-state index in [1.807, 2.05) is 31.6 Å². The molecule has 0 unspecified atom stereocenters. The van der Waals surface area contributed by atoms with Crippen LogP contribution in [0, 0.1) is 16.6 Å². The molecule has 0 saturated heterocycles. The predicted octanol–water partition coefficient (Wildman–Crippen LogP) is 8.00. The first-order chi connectivity index (χ1) is 25.8. The van der Waals surface area contributed by atoms with Gasteiger partial charge in [0.2, 0.25) is 0 Å². The Morgan fingerprint density at radius 2 is 1.80 bits per heavy atom. The zero-order valence-electron chi connectivity index (χ0n) is 30.0. The molecule has 2 aliphatic carbocycles. The van der Waals surface area contributed by atoms with Crippen LogP contribution in [0.15, 0.2) is 60.1 Å². The minimum absolute atomic E-state index is 0.0465. The van der Waals surface area contributed by atoms with Gasteiger partial charge in [-0.2, -0.15) is 23.4 Å². The highest BCUT2D eigenvalue weighted by molar-refractivity contribution is 6.32. The van der Waals surface area contributed by atoms with Crippen LogP contribution in [0.3, 0.4) is 0 Å². The summed E-state index contributed by atoms with van der Waals surface area (Å²) in [7, 11) is 0. The van der Waals surface area contributed by atoms with Crippen LogP contribution in [0.2, 0.25) is 5.02 Å². The zero-order chi connectivity index (χ0) is 39.7. The smallest absolute Gasteiger partial charge is 0.395 e. The molecule has 0 radical (unpaired) electrons. The second-order valence-electron chi connectivity index (χ2n) is 15.6. The normalized spacial score (nSPS) is 20.2. The van der Waals surface area contributed by atoms with Gasteiger partial charge in [0.15, 0.2) is 17.3 Å². The minimum atomic E-state index is -4.64. The first kappa shape index (κ1) is 38.3. The maximum absolute atomic E-state index is 16.4. The SMILES string of the molecule is CC(C)(C)C[C@]1(c2ccc(-c3cnn(C4CC4)c3)cc2F)N=C(N)N([C@H](COC(=O)CC2(C(F)(F)F)CC2)c2ccc(Cl)c(-n3ncnc3C(F)F)c2)C1=O. The Labute approximate surface area is 316 Å². The third kappa shape index (κ3) is 7.30. The lowest BCUT2D eigenvalue weighted by Crippen LogP contribution is -2.47. The van der Waals surface area contributed by atoms with Crippen molar-refractivity contribution in [1.82, 2.24) is 29.4 Å². The van der Waals surface area contributed by atoms with Gasteiger partial charge in [-0.15, -0.1) is 0 Å². The van der Waals surface area contributed by atoms with Crippen LogP contribution in [0.25, 0.3) is 16.8 Å². The van der Waals surface area contributed by atoms with Gasteiger partial charge in [-0.1, -0.05) is 50.6 Å². The van der Waals surface area contributed by atoms with Crippen LogP contribution in [-0.2, 0) is 19.9 Å². The van der Waals surface area contributed by atoms with Gasteiger partial charge in [-0.05, 0) is 66.8 Å². The molecule has 4 aromatic rings. The highest BCUT2D eigenvalue weighted by atomic mass is 35.5. The molecule has 55 heavy (non-hydrogen) atoms. The van der Waals surface area contributed by atoms with Crippen LogP contribution < -0.4 is 5.73 Å². The number of hydrogen-bond donors (Lipinski definition) is 1. The summed E-state index contributed by atoms with van der Waals surface area (Å²) < 4.78 is 93.4. The largest absolute Gasteiger partial charge is 0.463 e. The number of nitrogens with zero attached hydrogens (tertiary/aromatic N) is 7. The van der Waals surface area contributed by atoms with E-state index in [-0.39, 0.29) is 41.1 Å². The number of rotatable bonds is 12. The molecular formula is C37H37ClF6N8O3. The number of amides is 1. The fourth-order valence-electron chi connectivity index (χ4n) is 7.13. The van der Waals surface area contributed by atoms with Gasteiger partial charge in [0, 0.05) is 17.3 Å². The van der Waals surface area contributed by atoms with Crippen molar-refractivity contribution in [1.29, 1.82) is 0 Å². The highest BCUT2D eigenvalue weighted by Gasteiger charge is 2.64. The quantitative estimate of drug-likeness (QED) is 0.114. The molecule has 2 saturated carbocycles. The molecule has 2 N–H and O–H groups in total. The zero-order valence-corrected chi connectivity index (χ0v) is 30.7. The second kappa shape index (κ2) is 13.7. The molecule has 3 heterocycles. The van der Waals surface area contributed by atoms with Crippen molar-refractivity contribution in [2.75, 3.05) is 6.61 Å². The van der Waals surface area contributed by atoms with Gasteiger partial charge in [0.1, 0.15) is 18.8 Å². The minimum Gasteiger partial charge on any atom is -0.463 e. The average molecular weight is 791 g/mol. The van der Waals surface area contributed by atoms with E-state index in [2.05, 4.69) is 20.2 Å². The number of esters is 1. The summed E-state index contributed by atoms with van der Waals surface area (Å²) in [5.74, 6) is -3.89. The highest BCUT2D eigenvalue weighted by Crippen LogP contribution is 2.60. The molecule has 292 valence electrons. The van der Waals surface area contributed by atoms with E-state index in [0.29, 0.717) is 17.2 Å². The van der Waals surface area contributed by atoms with Gasteiger partial charge in [0.25, 0.3) is 12.3 Å².